The minimum Gasteiger partial charge on any atom is -0.393 e. The molecule has 0 aliphatic rings. The van der Waals surface area contributed by atoms with Gasteiger partial charge in [-0.3, -0.25) is 0 Å². The average Bonchev–Trinajstić information content (AvgIpc) is 2.13. The molecule has 3 heteroatoms. The molecule has 0 spiro atoms. The molecule has 19 heavy (non-hydrogen) atoms. The highest BCUT2D eigenvalue weighted by Gasteiger charge is 2.33. The summed E-state index contributed by atoms with van der Waals surface area (Å²) in [6, 6.07) is 0. The predicted octanol–water partition coefficient (Wildman–Crippen LogP) is 4.09. The highest BCUT2D eigenvalue weighted by Crippen LogP contribution is 2.42. The molecule has 0 radical (unpaired) electrons. The minimum absolute atomic E-state index is 0.0177. The van der Waals surface area contributed by atoms with Gasteiger partial charge >= 0.3 is 0 Å². The maximum Gasteiger partial charge on any atom is 0.0576 e. The van der Waals surface area contributed by atoms with E-state index in [4.69, 9.17) is 0 Å². The second kappa shape index (κ2) is 7.33. The Labute approximate surface area is 124 Å². The Morgan fingerprint density at radius 2 is 1.00 bits per heavy atom. The van der Waals surface area contributed by atoms with Crippen LogP contribution in [0.25, 0.3) is 0 Å². The summed E-state index contributed by atoms with van der Waals surface area (Å²) in [5.41, 5.74) is 0. The van der Waals surface area contributed by atoms with E-state index in [1.54, 1.807) is 0 Å². The normalized spacial score (nSPS) is 17.1. The first-order valence-corrected chi connectivity index (χ1v) is 8.24. The molecular formula is C16H34O2S. The van der Waals surface area contributed by atoms with Gasteiger partial charge in [0.15, 0.2) is 0 Å². The lowest BCUT2D eigenvalue weighted by molar-refractivity contribution is 0.104. The maximum atomic E-state index is 10.1. The van der Waals surface area contributed by atoms with Crippen molar-refractivity contribution in [2.45, 2.75) is 89.9 Å². The number of hydrogen-bond donors (Lipinski definition) is 2. The van der Waals surface area contributed by atoms with Crippen molar-refractivity contribution in [3.63, 3.8) is 0 Å². The summed E-state index contributed by atoms with van der Waals surface area (Å²) in [6.45, 7) is 17.0. The van der Waals surface area contributed by atoms with Crippen molar-refractivity contribution in [2.24, 2.45) is 11.8 Å². The van der Waals surface area contributed by atoms with E-state index >= 15 is 0 Å². The molecule has 0 aromatic heterocycles. The first kappa shape index (κ1) is 19.3. The van der Waals surface area contributed by atoms with Crippen molar-refractivity contribution in [3.05, 3.63) is 0 Å². The third-order valence-electron chi connectivity index (χ3n) is 3.49. The Morgan fingerprint density at radius 1 is 0.737 bits per heavy atom. The van der Waals surface area contributed by atoms with E-state index in [0.717, 1.165) is 12.8 Å². The van der Waals surface area contributed by atoms with Crippen LogP contribution in [0.3, 0.4) is 0 Å². The van der Waals surface area contributed by atoms with Crippen molar-refractivity contribution >= 4 is 11.8 Å². The van der Waals surface area contributed by atoms with Crippen LogP contribution >= 0.6 is 11.8 Å². The summed E-state index contributed by atoms with van der Waals surface area (Å²) in [4.78, 5) is 0. The molecule has 0 saturated carbocycles. The average molecular weight is 291 g/mol. The molecule has 2 nitrogen and oxygen atoms in total. The molecule has 0 rings (SSSR count). The molecule has 0 aliphatic heterocycles. The van der Waals surface area contributed by atoms with Gasteiger partial charge in [-0.15, -0.1) is 11.8 Å². The monoisotopic (exact) mass is 290 g/mol. The summed E-state index contributed by atoms with van der Waals surface area (Å²) < 4.78 is 0.0355. The standard InChI is InChI=1S/C16H34O2S/c1-11(2)13(17)9-15(5,6)19-16(7,8)10-14(18)12(3)4/h11-14,17-18H,9-10H2,1-8H3. The van der Waals surface area contributed by atoms with Gasteiger partial charge in [0.05, 0.1) is 12.2 Å². The molecule has 0 bridgehead atoms. The smallest absolute Gasteiger partial charge is 0.0576 e. The Hall–Kier alpha value is 0.270. The summed E-state index contributed by atoms with van der Waals surface area (Å²) in [5, 5.41) is 20.1. The van der Waals surface area contributed by atoms with Gasteiger partial charge in [0.25, 0.3) is 0 Å². The van der Waals surface area contributed by atoms with Crippen LogP contribution in [0.5, 0.6) is 0 Å². The van der Waals surface area contributed by atoms with Gasteiger partial charge in [0, 0.05) is 9.49 Å². The highest BCUT2D eigenvalue weighted by molar-refractivity contribution is 8.01. The first-order chi connectivity index (χ1) is 8.36. The van der Waals surface area contributed by atoms with Crippen molar-refractivity contribution in [1.29, 1.82) is 0 Å². The highest BCUT2D eigenvalue weighted by atomic mass is 32.2. The summed E-state index contributed by atoms with van der Waals surface area (Å²) in [7, 11) is 0. The predicted molar refractivity (Wildman–Crippen MR) is 86.7 cm³/mol. The van der Waals surface area contributed by atoms with E-state index in [1.165, 1.54) is 0 Å². The molecule has 2 N–H and O–H groups in total. The number of rotatable bonds is 8. The van der Waals surface area contributed by atoms with Gasteiger partial charge in [-0.2, -0.15) is 0 Å². The van der Waals surface area contributed by atoms with E-state index in [-0.39, 0.29) is 21.7 Å². The molecule has 2 unspecified atom stereocenters. The van der Waals surface area contributed by atoms with Crippen molar-refractivity contribution < 1.29 is 10.2 Å². The Balaban J connectivity index is 4.53. The zero-order valence-electron chi connectivity index (χ0n) is 14.0. The zero-order chi connectivity index (χ0) is 15.4. The molecule has 116 valence electrons. The summed E-state index contributed by atoms with van der Waals surface area (Å²) in [5.74, 6) is 0.591. The van der Waals surface area contributed by atoms with Crippen LogP contribution in [0, 0.1) is 11.8 Å². The van der Waals surface area contributed by atoms with Crippen molar-refractivity contribution in [1.82, 2.24) is 0 Å². The number of hydrogen-bond acceptors (Lipinski definition) is 3. The summed E-state index contributed by atoms with van der Waals surface area (Å²) >= 11 is 1.88. The number of aliphatic hydroxyl groups excluding tert-OH is 2. The third-order valence-corrected chi connectivity index (χ3v) is 4.93. The van der Waals surface area contributed by atoms with Crippen molar-refractivity contribution in [3.8, 4) is 0 Å². The van der Waals surface area contributed by atoms with E-state index in [1.807, 2.05) is 11.8 Å². The van der Waals surface area contributed by atoms with Crippen LogP contribution in [0.4, 0.5) is 0 Å². The lowest BCUT2D eigenvalue weighted by Crippen LogP contribution is -2.34. The quantitative estimate of drug-likeness (QED) is 0.707. The lowest BCUT2D eigenvalue weighted by atomic mass is 9.96. The van der Waals surface area contributed by atoms with Gasteiger partial charge in [0.1, 0.15) is 0 Å². The fourth-order valence-corrected chi connectivity index (χ4v) is 4.31. The molecule has 0 amide bonds. The largest absolute Gasteiger partial charge is 0.393 e. The van der Waals surface area contributed by atoms with Gasteiger partial charge in [-0.05, 0) is 24.7 Å². The fraction of sp³-hybridized carbons (Fsp3) is 1.00. The van der Waals surface area contributed by atoms with E-state index in [2.05, 4.69) is 55.4 Å². The van der Waals surface area contributed by atoms with Crippen LogP contribution in [0.1, 0.15) is 68.2 Å². The molecule has 2 atom stereocenters. The van der Waals surface area contributed by atoms with Gasteiger partial charge < -0.3 is 10.2 Å². The molecular weight excluding hydrogens is 256 g/mol. The van der Waals surface area contributed by atoms with Crippen LogP contribution in [0.15, 0.2) is 0 Å². The van der Waals surface area contributed by atoms with Crippen LogP contribution in [-0.4, -0.2) is 31.9 Å². The van der Waals surface area contributed by atoms with E-state index in [0.29, 0.717) is 11.8 Å². The minimum atomic E-state index is -0.256. The molecule has 0 aliphatic carbocycles. The van der Waals surface area contributed by atoms with Gasteiger partial charge in [-0.1, -0.05) is 55.4 Å². The maximum absolute atomic E-state index is 10.1. The van der Waals surface area contributed by atoms with Crippen molar-refractivity contribution in [2.75, 3.05) is 0 Å². The second-order valence-corrected chi connectivity index (χ2v) is 10.1. The number of aliphatic hydroxyl groups is 2. The fourth-order valence-electron chi connectivity index (χ4n) is 2.31. The number of thioether (sulfide) groups is 1. The van der Waals surface area contributed by atoms with Crippen LogP contribution < -0.4 is 0 Å². The summed E-state index contributed by atoms with van der Waals surface area (Å²) in [6.07, 6.45) is 1.06. The third kappa shape index (κ3) is 8.21. The van der Waals surface area contributed by atoms with Crippen LogP contribution in [0.2, 0.25) is 0 Å². The Morgan fingerprint density at radius 3 is 1.21 bits per heavy atom. The van der Waals surface area contributed by atoms with Gasteiger partial charge in [0.2, 0.25) is 0 Å². The Kier molecular flexibility index (Phi) is 7.43. The van der Waals surface area contributed by atoms with E-state index in [9.17, 15) is 10.2 Å². The molecule has 0 heterocycles. The van der Waals surface area contributed by atoms with Crippen LogP contribution in [-0.2, 0) is 0 Å². The van der Waals surface area contributed by atoms with Gasteiger partial charge in [-0.25, -0.2) is 0 Å². The second-order valence-electron chi connectivity index (χ2n) is 7.65. The SMILES string of the molecule is CC(C)C(O)CC(C)(C)SC(C)(C)CC(O)C(C)C. The van der Waals surface area contributed by atoms with E-state index < -0.39 is 0 Å². The zero-order valence-corrected chi connectivity index (χ0v) is 14.8. The molecule has 0 saturated heterocycles. The molecule has 0 fully saturated rings. The lowest BCUT2D eigenvalue weighted by Gasteiger charge is -2.38. The first-order valence-electron chi connectivity index (χ1n) is 7.42. The topological polar surface area (TPSA) is 40.5 Å². The molecule has 0 aromatic rings. The Bertz CT molecular complexity index is 233. The molecule has 0 aromatic carbocycles.